The summed E-state index contributed by atoms with van der Waals surface area (Å²) in [6.07, 6.45) is 3.59. The van der Waals surface area contributed by atoms with E-state index in [9.17, 15) is 4.79 Å². The Morgan fingerprint density at radius 2 is 1.82 bits per heavy atom. The van der Waals surface area contributed by atoms with Gasteiger partial charge in [-0.25, -0.2) is 14.4 Å². The van der Waals surface area contributed by atoms with Crippen LogP contribution in [0.15, 0.2) is 30.6 Å². The number of carbonyl (C=O) groups is 1. The van der Waals surface area contributed by atoms with Crippen molar-refractivity contribution in [3.05, 3.63) is 42.0 Å². The summed E-state index contributed by atoms with van der Waals surface area (Å²) in [6.45, 7) is 4.08. The van der Waals surface area contributed by atoms with Crippen LogP contribution in [0.25, 0.3) is 0 Å². The minimum atomic E-state index is -0.651. The van der Waals surface area contributed by atoms with E-state index < -0.39 is 11.8 Å². The van der Waals surface area contributed by atoms with E-state index in [0.717, 1.165) is 18.8 Å². The van der Waals surface area contributed by atoms with Crippen molar-refractivity contribution in [3.8, 4) is 0 Å². The van der Waals surface area contributed by atoms with E-state index in [4.69, 9.17) is 20.6 Å². The lowest BCUT2D eigenvalue weighted by atomic mass is 10.1. The average molecular weight is 458 g/mol. The molecule has 0 atom stereocenters. The molecule has 33 heavy (non-hydrogen) atoms. The molecule has 1 aromatic carbocycles. The van der Waals surface area contributed by atoms with Crippen molar-refractivity contribution < 1.29 is 18.7 Å². The lowest BCUT2D eigenvalue weighted by molar-refractivity contribution is -0.143. The topological polar surface area (TPSA) is 121 Å². The Morgan fingerprint density at radius 3 is 2.45 bits per heavy atom. The van der Waals surface area contributed by atoms with Crippen LogP contribution in [0, 0.1) is 11.2 Å². The summed E-state index contributed by atoms with van der Waals surface area (Å²) < 4.78 is 25.4. The number of amidine groups is 1. The molecule has 0 aliphatic carbocycles. The fraction of sp³-hybridized carbons (Fsp3) is 0.455. The fourth-order valence-corrected chi connectivity index (χ4v) is 3.88. The Hall–Kier alpha value is -3.47. The van der Waals surface area contributed by atoms with Crippen molar-refractivity contribution in [1.82, 2.24) is 9.97 Å². The number of nitrogens with one attached hydrogen (secondary N) is 1. The number of ether oxygens (including phenoxy) is 2. The zero-order valence-electron chi connectivity index (χ0n) is 18.5. The van der Waals surface area contributed by atoms with E-state index >= 15 is 4.39 Å². The van der Waals surface area contributed by atoms with Gasteiger partial charge in [-0.05, 0) is 6.07 Å². The molecular formula is C22H28FN7O3. The van der Waals surface area contributed by atoms with Crippen LogP contribution in [-0.4, -0.2) is 74.3 Å². The first-order valence-electron chi connectivity index (χ1n) is 10.8. The Bertz CT molecular complexity index is 990. The first-order valence-corrected chi connectivity index (χ1v) is 10.8. The van der Waals surface area contributed by atoms with Gasteiger partial charge in [-0.2, -0.15) is 0 Å². The molecule has 3 heterocycles. The van der Waals surface area contributed by atoms with Crippen molar-refractivity contribution in [2.45, 2.75) is 19.1 Å². The maximum absolute atomic E-state index is 15.1. The monoisotopic (exact) mass is 457 g/mol. The van der Waals surface area contributed by atoms with E-state index in [-0.39, 0.29) is 30.5 Å². The highest BCUT2D eigenvalue weighted by Gasteiger charge is 2.28. The molecule has 2 fully saturated rings. The van der Waals surface area contributed by atoms with Crippen LogP contribution in [-0.2, 0) is 20.9 Å². The predicted octanol–water partition coefficient (Wildman–Crippen LogP) is 1.15. The van der Waals surface area contributed by atoms with Crippen molar-refractivity contribution in [1.29, 1.82) is 5.41 Å². The molecule has 1 aromatic heterocycles. The lowest BCUT2D eigenvalue weighted by Gasteiger charge is -2.39. The zero-order valence-corrected chi connectivity index (χ0v) is 18.5. The quantitative estimate of drug-likeness (QED) is 0.341. The maximum Gasteiger partial charge on any atom is 0.313 e. The molecule has 176 valence electrons. The molecule has 4 rings (SSSR count). The third-order valence-corrected chi connectivity index (χ3v) is 5.86. The molecule has 0 bridgehead atoms. The Kier molecular flexibility index (Phi) is 6.87. The van der Waals surface area contributed by atoms with Gasteiger partial charge in [0.25, 0.3) is 0 Å². The van der Waals surface area contributed by atoms with Gasteiger partial charge in [-0.3, -0.25) is 10.2 Å². The number of halogens is 1. The van der Waals surface area contributed by atoms with Crippen molar-refractivity contribution >= 4 is 29.1 Å². The van der Waals surface area contributed by atoms with E-state index in [1.165, 1.54) is 0 Å². The minimum absolute atomic E-state index is 0.197. The number of nitrogens with two attached hydrogens (primary N) is 1. The summed E-state index contributed by atoms with van der Waals surface area (Å²) in [5, 5.41) is 7.13. The molecule has 2 aliphatic heterocycles. The van der Waals surface area contributed by atoms with E-state index in [0.29, 0.717) is 37.8 Å². The van der Waals surface area contributed by atoms with Crippen LogP contribution in [0.1, 0.15) is 12.0 Å². The fourth-order valence-electron chi connectivity index (χ4n) is 3.88. The lowest BCUT2D eigenvalue weighted by Crippen LogP contribution is -2.52. The van der Waals surface area contributed by atoms with Gasteiger partial charge in [-0.15, -0.1) is 0 Å². The second kappa shape index (κ2) is 9.99. The molecule has 0 amide bonds. The summed E-state index contributed by atoms with van der Waals surface area (Å²) in [5.74, 6) is -0.638. The second-order valence-electron chi connectivity index (χ2n) is 8.09. The number of hydrogen-bond donors (Lipinski definition) is 2. The molecule has 0 spiro atoms. The zero-order chi connectivity index (χ0) is 23.4. The Morgan fingerprint density at radius 1 is 1.15 bits per heavy atom. The van der Waals surface area contributed by atoms with Gasteiger partial charge in [0, 0.05) is 51.9 Å². The number of methoxy groups -OCH3 is 1. The predicted molar refractivity (Wildman–Crippen MR) is 122 cm³/mol. The van der Waals surface area contributed by atoms with Gasteiger partial charge in [0.15, 0.2) is 5.82 Å². The summed E-state index contributed by atoms with van der Waals surface area (Å²) >= 11 is 0. The third-order valence-electron chi connectivity index (χ3n) is 5.86. The molecule has 0 unspecified atom stereocenters. The number of nitrogens with zero attached hydrogens (tertiary/aromatic N) is 5. The summed E-state index contributed by atoms with van der Waals surface area (Å²) in [6, 6.07) is 5.06. The van der Waals surface area contributed by atoms with Crippen LogP contribution in [0.3, 0.4) is 0 Å². The van der Waals surface area contributed by atoms with Gasteiger partial charge in [0.2, 0.25) is 5.95 Å². The summed E-state index contributed by atoms with van der Waals surface area (Å²) in [7, 11) is 1.71. The molecule has 3 N–H and O–H groups in total. The number of carbonyl (C=O) groups excluding carboxylic acids is 1. The molecule has 2 saturated heterocycles. The molecule has 2 aliphatic rings. The van der Waals surface area contributed by atoms with E-state index in [1.807, 2.05) is 17.3 Å². The maximum atomic E-state index is 15.1. The van der Waals surface area contributed by atoms with Crippen molar-refractivity contribution in [3.63, 3.8) is 0 Å². The smallest absolute Gasteiger partial charge is 0.313 e. The summed E-state index contributed by atoms with van der Waals surface area (Å²) in [5.41, 5.74) is 6.90. The number of aromatic nitrogens is 2. The third kappa shape index (κ3) is 5.30. The van der Waals surface area contributed by atoms with Gasteiger partial charge in [-0.1, -0.05) is 12.1 Å². The number of rotatable bonds is 8. The van der Waals surface area contributed by atoms with E-state index in [2.05, 4.69) is 19.8 Å². The largest absolute Gasteiger partial charge is 0.460 e. The SMILES string of the molecule is COC1CN(c2ncc(N3CCN(c4cccc(COC(=O)CC(=N)N)c4F)CC3)cn2)C1. The van der Waals surface area contributed by atoms with Crippen LogP contribution in [0.5, 0.6) is 0 Å². The number of anilines is 3. The molecular weight excluding hydrogens is 429 g/mol. The Balaban J connectivity index is 1.32. The normalized spacial score (nSPS) is 16.5. The first kappa shape index (κ1) is 22.7. The van der Waals surface area contributed by atoms with Crippen LogP contribution < -0.4 is 20.4 Å². The summed E-state index contributed by atoms with van der Waals surface area (Å²) in [4.78, 5) is 26.8. The average Bonchev–Trinajstić information content (AvgIpc) is 2.78. The molecule has 11 heteroatoms. The minimum Gasteiger partial charge on any atom is -0.460 e. The number of hydrogen-bond acceptors (Lipinski definition) is 9. The number of piperazine rings is 1. The van der Waals surface area contributed by atoms with Gasteiger partial charge in [0.05, 0.1) is 29.9 Å². The highest BCUT2D eigenvalue weighted by molar-refractivity contribution is 5.94. The number of esters is 1. The van der Waals surface area contributed by atoms with Crippen LogP contribution in [0.4, 0.5) is 21.7 Å². The van der Waals surface area contributed by atoms with Gasteiger partial charge < -0.3 is 29.9 Å². The number of benzene rings is 1. The van der Waals surface area contributed by atoms with Crippen LogP contribution >= 0.6 is 0 Å². The second-order valence-corrected chi connectivity index (χ2v) is 8.09. The highest BCUT2D eigenvalue weighted by atomic mass is 19.1. The first-order chi connectivity index (χ1) is 15.9. The Labute approximate surface area is 191 Å². The molecule has 2 aromatic rings. The molecule has 0 saturated carbocycles. The van der Waals surface area contributed by atoms with Gasteiger partial charge >= 0.3 is 5.97 Å². The highest BCUT2D eigenvalue weighted by Crippen LogP contribution is 2.26. The van der Waals surface area contributed by atoms with E-state index in [1.54, 1.807) is 25.3 Å². The molecule has 10 nitrogen and oxygen atoms in total. The van der Waals surface area contributed by atoms with Crippen LogP contribution in [0.2, 0.25) is 0 Å². The molecule has 0 radical (unpaired) electrons. The van der Waals surface area contributed by atoms with Gasteiger partial charge in [0.1, 0.15) is 18.9 Å². The van der Waals surface area contributed by atoms with Crippen molar-refractivity contribution in [2.75, 3.05) is 61.1 Å². The standard InChI is InChI=1S/C22H28FN7O3/c1-32-17-12-30(13-17)22-26-10-16(11-27-22)28-5-7-29(8-6-28)18-4-2-3-15(21(18)23)14-33-20(31)9-19(24)25/h2-4,10-11,17H,5-9,12-14H2,1H3,(H3,24,25). The van der Waals surface area contributed by atoms with Crippen molar-refractivity contribution in [2.24, 2.45) is 5.73 Å².